The van der Waals surface area contributed by atoms with Crippen LogP contribution in [-0.4, -0.2) is 54.8 Å². The van der Waals surface area contributed by atoms with E-state index in [4.69, 9.17) is 0 Å². The lowest BCUT2D eigenvalue weighted by molar-refractivity contribution is -0.274. The van der Waals surface area contributed by atoms with Crippen LogP contribution in [0.15, 0.2) is 48.5 Å². The number of carbonyl (C=O) groups excluding carboxylic acids is 1. The van der Waals surface area contributed by atoms with Crippen molar-refractivity contribution in [2.24, 2.45) is 0 Å². The number of benzene rings is 2. The van der Waals surface area contributed by atoms with E-state index in [1.54, 1.807) is 6.07 Å². The molecule has 0 aromatic heterocycles. The Morgan fingerprint density at radius 1 is 0.879 bits per heavy atom. The monoisotopic (exact) mass is 461 g/mol. The maximum Gasteiger partial charge on any atom is 0.573 e. The summed E-state index contributed by atoms with van der Waals surface area (Å²) >= 11 is 0. The number of fused-ring (bicyclic) bond motifs is 1. The second-order valence-corrected chi connectivity index (χ2v) is 8.70. The Balaban J connectivity index is 1.11. The largest absolute Gasteiger partial charge is 0.573 e. The molecule has 0 radical (unpaired) electrons. The van der Waals surface area contributed by atoms with Crippen LogP contribution >= 0.6 is 0 Å². The zero-order valence-electron chi connectivity index (χ0n) is 18.7. The first kappa shape index (κ1) is 23.4. The van der Waals surface area contributed by atoms with Crippen LogP contribution in [0.1, 0.15) is 36.8 Å². The highest BCUT2D eigenvalue weighted by Crippen LogP contribution is 2.27. The van der Waals surface area contributed by atoms with Gasteiger partial charge in [0, 0.05) is 57.4 Å². The molecule has 2 aromatic carbocycles. The van der Waals surface area contributed by atoms with Crippen molar-refractivity contribution in [2.45, 2.75) is 45.1 Å². The van der Waals surface area contributed by atoms with Crippen LogP contribution in [0.5, 0.6) is 5.75 Å². The predicted molar refractivity (Wildman–Crippen MR) is 121 cm³/mol. The van der Waals surface area contributed by atoms with Gasteiger partial charge in [0.15, 0.2) is 0 Å². The molecule has 2 aliphatic rings. The summed E-state index contributed by atoms with van der Waals surface area (Å²) in [6.07, 6.45) is -1.12. The van der Waals surface area contributed by atoms with E-state index in [9.17, 15) is 18.0 Å². The molecule has 8 heteroatoms. The number of piperazine rings is 1. The number of halogens is 3. The SMILES string of the molecule is O=C(CCCCCN1CCN(c2cccc(OC(F)(F)F)c2)CC1)N1Cc2ccccc2C1. The van der Waals surface area contributed by atoms with Gasteiger partial charge in [0.05, 0.1) is 0 Å². The fraction of sp³-hybridized carbons (Fsp3) is 0.480. The molecule has 0 saturated carbocycles. The van der Waals surface area contributed by atoms with E-state index < -0.39 is 6.36 Å². The van der Waals surface area contributed by atoms with Gasteiger partial charge in [-0.15, -0.1) is 13.2 Å². The van der Waals surface area contributed by atoms with Gasteiger partial charge >= 0.3 is 6.36 Å². The van der Waals surface area contributed by atoms with Crippen molar-refractivity contribution in [3.05, 3.63) is 59.7 Å². The molecule has 2 heterocycles. The highest BCUT2D eigenvalue weighted by Gasteiger charge is 2.31. The molecule has 2 aromatic rings. The molecule has 1 amide bonds. The van der Waals surface area contributed by atoms with Gasteiger partial charge in [-0.05, 0) is 42.6 Å². The van der Waals surface area contributed by atoms with Gasteiger partial charge in [0.2, 0.25) is 5.91 Å². The zero-order valence-corrected chi connectivity index (χ0v) is 18.7. The topological polar surface area (TPSA) is 36.0 Å². The van der Waals surface area contributed by atoms with E-state index in [0.29, 0.717) is 6.42 Å². The third-order valence-corrected chi connectivity index (χ3v) is 6.35. The summed E-state index contributed by atoms with van der Waals surface area (Å²) in [6, 6.07) is 14.4. The number of hydrogen-bond donors (Lipinski definition) is 0. The number of alkyl halides is 3. The number of rotatable bonds is 8. The van der Waals surface area contributed by atoms with E-state index in [1.807, 2.05) is 23.1 Å². The van der Waals surface area contributed by atoms with E-state index in [0.717, 1.165) is 70.8 Å². The van der Waals surface area contributed by atoms with Crippen molar-refractivity contribution in [1.82, 2.24) is 9.80 Å². The number of unbranched alkanes of at least 4 members (excludes halogenated alkanes) is 2. The molecule has 5 nitrogen and oxygen atoms in total. The van der Waals surface area contributed by atoms with Crippen LogP contribution in [0.25, 0.3) is 0 Å². The minimum Gasteiger partial charge on any atom is -0.406 e. The van der Waals surface area contributed by atoms with Crippen molar-refractivity contribution in [3.63, 3.8) is 0 Å². The highest BCUT2D eigenvalue weighted by atomic mass is 19.4. The Morgan fingerprint density at radius 2 is 1.58 bits per heavy atom. The van der Waals surface area contributed by atoms with Crippen molar-refractivity contribution in [2.75, 3.05) is 37.6 Å². The van der Waals surface area contributed by atoms with Gasteiger partial charge in [-0.2, -0.15) is 0 Å². The number of anilines is 1. The van der Waals surface area contributed by atoms with Crippen LogP contribution in [0.3, 0.4) is 0 Å². The molecule has 0 unspecified atom stereocenters. The van der Waals surface area contributed by atoms with Gasteiger partial charge in [-0.3, -0.25) is 9.69 Å². The van der Waals surface area contributed by atoms with Gasteiger partial charge in [0.1, 0.15) is 5.75 Å². The summed E-state index contributed by atoms with van der Waals surface area (Å²) in [4.78, 5) is 18.9. The Kier molecular flexibility index (Phi) is 7.42. The molecule has 0 N–H and O–H groups in total. The fourth-order valence-electron chi connectivity index (χ4n) is 4.56. The third kappa shape index (κ3) is 6.63. The first-order valence-electron chi connectivity index (χ1n) is 11.5. The first-order valence-corrected chi connectivity index (χ1v) is 11.5. The second-order valence-electron chi connectivity index (χ2n) is 8.70. The molecule has 2 aliphatic heterocycles. The lowest BCUT2D eigenvalue weighted by Gasteiger charge is -2.36. The van der Waals surface area contributed by atoms with Crippen molar-refractivity contribution < 1.29 is 22.7 Å². The predicted octanol–water partition coefficient (Wildman–Crippen LogP) is 4.81. The van der Waals surface area contributed by atoms with Gasteiger partial charge in [0.25, 0.3) is 0 Å². The third-order valence-electron chi connectivity index (χ3n) is 6.35. The summed E-state index contributed by atoms with van der Waals surface area (Å²) in [7, 11) is 0. The van der Waals surface area contributed by atoms with E-state index in [-0.39, 0.29) is 11.7 Å². The zero-order chi connectivity index (χ0) is 23.3. The summed E-state index contributed by atoms with van der Waals surface area (Å²) in [5.41, 5.74) is 3.26. The van der Waals surface area contributed by atoms with Gasteiger partial charge in [-0.25, -0.2) is 0 Å². The smallest absolute Gasteiger partial charge is 0.406 e. The van der Waals surface area contributed by atoms with Crippen LogP contribution in [0.2, 0.25) is 0 Å². The maximum atomic E-state index is 12.5. The van der Waals surface area contributed by atoms with Crippen molar-refractivity contribution >= 4 is 11.6 Å². The van der Waals surface area contributed by atoms with E-state index >= 15 is 0 Å². The number of hydrogen-bond acceptors (Lipinski definition) is 4. The molecule has 178 valence electrons. The molecule has 0 bridgehead atoms. The van der Waals surface area contributed by atoms with Crippen LogP contribution in [-0.2, 0) is 17.9 Å². The van der Waals surface area contributed by atoms with Crippen LogP contribution in [0.4, 0.5) is 18.9 Å². The summed E-state index contributed by atoms with van der Waals surface area (Å²) in [5.74, 6) is 0.0475. The van der Waals surface area contributed by atoms with E-state index in [2.05, 4.69) is 26.7 Å². The normalized spacial score (nSPS) is 16.7. The number of nitrogens with zero attached hydrogens (tertiary/aromatic N) is 3. The Bertz CT molecular complexity index is 917. The average molecular weight is 462 g/mol. The van der Waals surface area contributed by atoms with Gasteiger partial charge in [-0.1, -0.05) is 36.8 Å². The lowest BCUT2D eigenvalue weighted by atomic mass is 10.1. The molecule has 33 heavy (non-hydrogen) atoms. The standard InChI is InChI=1S/C25H30F3N3O2/c26-25(27,28)33-23-10-6-9-22(17-23)30-15-13-29(14-16-30)12-5-1-2-11-24(32)31-18-20-7-3-4-8-21(20)19-31/h3-4,6-10,17H,1-2,5,11-16,18-19H2. The van der Waals surface area contributed by atoms with Crippen LogP contribution < -0.4 is 9.64 Å². The Morgan fingerprint density at radius 3 is 2.24 bits per heavy atom. The van der Waals surface area contributed by atoms with Crippen molar-refractivity contribution in [3.8, 4) is 5.75 Å². The van der Waals surface area contributed by atoms with Gasteiger partial charge < -0.3 is 14.5 Å². The van der Waals surface area contributed by atoms with E-state index in [1.165, 1.54) is 23.3 Å². The number of ether oxygens (including phenoxy) is 1. The summed E-state index contributed by atoms with van der Waals surface area (Å²) < 4.78 is 41.4. The molecule has 1 saturated heterocycles. The highest BCUT2D eigenvalue weighted by molar-refractivity contribution is 5.76. The summed E-state index contributed by atoms with van der Waals surface area (Å²) in [5, 5.41) is 0. The minimum absolute atomic E-state index is 0.185. The molecular formula is C25H30F3N3O2. The van der Waals surface area contributed by atoms with Crippen LogP contribution in [0, 0.1) is 0 Å². The lowest BCUT2D eigenvalue weighted by Crippen LogP contribution is -2.46. The van der Waals surface area contributed by atoms with Crippen molar-refractivity contribution in [1.29, 1.82) is 0 Å². The molecule has 4 rings (SSSR count). The fourth-order valence-corrected chi connectivity index (χ4v) is 4.56. The Labute approximate surface area is 192 Å². The molecule has 0 aliphatic carbocycles. The number of carbonyl (C=O) groups is 1. The molecular weight excluding hydrogens is 431 g/mol. The maximum absolute atomic E-state index is 12.5. The average Bonchev–Trinajstić information content (AvgIpc) is 3.23. The summed E-state index contributed by atoms with van der Waals surface area (Å²) in [6.45, 7) is 5.71. The second kappa shape index (κ2) is 10.5. The molecule has 1 fully saturated rings. The Hall–Kier alpha value is -2.74. The first-order chi connectivity index (χ1) is 15.9. The molecule has 0 spiro atoms. The quantitative estimate of drug-likeness (QED) is 0.529. The number of amides is 1. The minimum atomic E-state index is -4.68. The molecule has 0 atom stereocenters.